The number of imidazole rings is 1. The lowest BCUT2D eigenvalue weighted by molar-refractivity contribution is -0.116. The average molecular weight is 242 g/mol. The lowest BCUT2D eigenvalue weighted by atomic mass is 9.84. The van der Waals surface area contributed by atoms with E-state index in [2.05, 4.69) is 15.3 Å². The summed E-state index contributed by atoms with van der Waals surface area (Å²) in [5.74, 6) is -0.606. The molecule has 0 saturated carbocycles. The Morgan fingerprint density at radius 1 is 1.56 bits per heavy atom. The zero-order valence-electron chi connectivity index (χ0n) is 10.3. The highest BCUT2D eigenvalue weighted by molar-refractivity contribution is 5.91. The SMILES string of the molecule is CC(C)(CNC(=O)C#N)c1ccc2nc[nH]c2c1. The van der Waals surface area contributed by atoms with Crippen LogP contribution in [0.15, 0.2) is 24.5 Å². The molecule has 1 heterocycles. The summed E-state index contributed by atoms with van der Waals surface area (Å²) in [6.45, 7) is 4.45. The Bertz CT molecular complexity index is 621. The summed E-state index contributed by atoms with van der Waals surface area (Å²) in [7, 11) is 0. The van der Waals surface area contributed by atoms with Crippen LogP contribution in [0, 0.1) is 11.3 Å². The number of benzene rings is 1. The fourth-order valence-electron chi connectivity index (χ4n) is 1.80. The zero-order valence-corrected chi connectivity index (χ0v) is 10.3. The van der Waals surface area contributed by atoms with E-state index in [0.29, 0.717) is 6.54 Å². The molecule has 5 nitrogen and oxygen atoms in total. The molecule has 0 unspecified atom stereocenters. The number of carbonyl (C=O) groups is 1. The highest BCUT2D eigenvalue weighted by atomic mass is 16.1. The van der Waals surface area contributed by atoms with Gasteiger partial charge in [-0.05, 0) is 17.7 Å². The van der Waals surface area contributed by atoms with Crippen LogP contribution in [-0.2, 0) is 10.2 Å². The molecule has 2 N–H and O–H groups in total. The van der Waals surface area contributed by atoms with Gasteiger partial charge in [-0.25, -0.2) is 4.98 Å². The van der Waals surface area contributed by atoms with Gasteiger partial charge in [-0.2, -0.15) is 5.26 Å². The van der Waals surface area contributed by atoms with Crippen molar-refractivity contribution in [3.8, 4) is 6.07 Å². The molecule has 1 amide bonds. The predicted octanol–water partition coefficient (Wildman–Crippen LogP) is 1.48. The third kappa shape index (κ3) is 2.33. The second-order valence-corrected chi connectivity index (χ2v) is 4.81. The third-order valence-electron chi connectivity index (χ3n) is 2.99. The van der Waals surface area contributed by atoms with Crippen LogP contribution in [0.3, 0.4) is 0 Å². The fourth-order valence-corrected chi connectivity index (χ4v) is 1.80. The standard InChI is InChI=1S/C13H14N4O/c1-13(2,7-15-12(18)6-14)9-3-4-10-11(5-9)17-8-16-10/h3-5,8H,7H2,1-2H3,(H,15,18)(H,16,17). The summed E-state index contributed by atoms with van der Waals surface area (Å²) in [5.41, 5.74) is 2.71. The van der Waals surface area contributed by atoms with Crippen LogP contribution >= 0.6 is 0 Å². The lowest BCUT2D eigenvalue weighted by Gasteiger charge is -2.25. The van der Waals surface area contributed by atoms with Crippen LogP contribution in [0.4, 0.5) is 0 Å². The number of nitrogens with zero attached hydrogens (tertiary/aromatic N) is 2. The molecular formula is C13H14N4O. The van der Waals surface area contributed by atoms with Crippen LogP contribution in [0.5, 0.6) is 0 Å². The number of hydrogen-bond donors (Lipinski definition) is 2. The monoisotopic (exact) mass is 242 g/mol. The van der Waals surface area contributed by atoms with Crippen molar-refractivity contribution in [2.45, 2.75) is 19.3 Å². The van der Waals surface area contributed by atoms with Gasteiger partial charge in [0.2, 0.25) is 0 Å². The van der Waals surface area contributed by atoms with Gasteiger partial charge < -0.3 is 10.3 Å². The molecular weight excluding hydrogens is 228 g/mol. The van der Waals surface area contributed by atoms with Crippen LogP contribution in [0.2, 0.25) is 0 Å². The van der Waals surface area contributed by atoms with Gasteiger partial charge in [-0.1, -0.05) is 19.9 Å². The van der Waals surface area contributed by atoms with Gasteiger partial charge in [0.05, 0.1) is 17.4 Å². The van der Waals surface area contributed by atoms with E-state index in [0.717, 1.165) is 16.6 Å². The highest BCUT2D eigenvalue weighted by Gasteiger charge is 2.21. The molecule has 0 bridgehead atoms. The summed E-state index contributed by atoms with van der Waals surface area (Å²) >= 11 is 0. The van der Waals surface area contributed by atoms with Crippen molar-refractivity contribution in [1.29, 1.82) is 5.26 Å². The Morgan fingerprint density at radius 3 is 3.06 bits per heavy atom. The first-order valence-electron chi connectivity index (χ1n) is 5.64. The van der Waals surface area contributed by atoms with Crippen molar-refractivity contribution in [2.75, 3.05) is 6.54 Å². The molecule has 0 saturated heterocycles. The molecule has 0 aliphatic heterocycles. The van der Waals surface area contributed by atoms with E-state index < -0.39 is 5.91 Å². The number of amides is 1. The van der Waals surface area contributed by atoms with E-state index in [1.54, 1.807) is 12.4 Å². The second kappa shape index (κ2) is 4.49. The van der Waals surface area contributed by atoms with Gasteiger partial charge in [-0.3, -0.25) is 4.79 Å². The number of hydrogen-bond acceptors (Lipinski definition) is 3. The first-order chi connectivity index (χ1) is 8.53. The van der Waals surface area contributed by atoms with Crippen LogP contribution < -0.4 is 5.32 Å². The minimum Gasteiger partial charge on any atom is -0.345 e. The first kappa shape index (κ1) is 12.1. The minimum absolute atomic E-state index is 0.244. The van der Waals surface area contributed by atoms with Crippen molar-refractivity contribution in [3.63, 3.8) is 0 Å². The van der Waals surface area contributed by atoms with Crippen molar-refractivity contribution in [3.05, 3.63) is 30.1 Å². The van der Waals surface area contributed by atoms with Crippen molar-refractivity contribution < 1.29 is 4.79 Å². The molecule has 1 aromatic heterocycles. The van der Waals surface area contributed by atoms with E-state index in [-0.39, 0.29) is 5.41 Å². The number of nitriles is 1. The molecule has 0 aliphatic carbocycles. The number of aromatic nitrogens is 2. The summed E-state index contributed by atoms with van der Waals surface area (Å²) in [5, 5.41) is 11.0. The Balaban J connectivity index is 2.22. The number of aromatic amines is 1. The van der Waals surface area contributed by atoms with E-state index >= 15 is 0 Å². The van der Waals surface area contributed by atoms with Crippen LogP contribution in [0.25, 0.3) is 11.0 Å². The van der Waals surface area contributed by atoms with E-state index in [4.69, 9.17) is 5.26 Å². The smallest absolute Gasteiger partial charge is 0.322 e. The first-order valence-corrected chi connectivity index (χ1v) is 5.64. The molecule has 0 aliphatic rings. The minimum atomic E-state index is -0.606. The maximum Gasteiger partial charge on any atom is 0.322 e. The summed E-state index contributed by atoms with van der Waals surface area (Å²) in [4.78, 5) is 18.2. The number of rotatable bonds is 3. The molecule has 2 rings (SSSR count). The Labute approximate surface area is 105 Å². The van der Waals surface area contributed by atoms with Crippen molar-refractivity contribution >= 4 is 16.9 Å². The number of fused-ring (bicyclic) bond motifs is 1. The largest absolute Gasteiger partial charge is 0.345 e. The Kier molecular flexibility index (Phi) is 3.02. The maximum absolute atomic E-state index is 11.0. The number of carbonyl (C=O) groups excluding carboxylic acids is 1. The van der Waals surface area contributed by atoms with Crippen LogP contribution in [0.1, 0.15) is 19.4 Å². The molecule has 18 heavy (non-hydrogen) atoms. The van der Waals surface area contributed by atoms with E-state index in [9.17, 15) is 4.79 Å². The quantitative estimate of drug-likeness (QED) is 0.800. The van der Waals surface area contributed by atoms with Gasteiger partial charge >= 0.3 is 5.91 Å². The van der Waals surface area contributed by atoms with Gasteiger partial charge in [0, 0.05) is 12.0 Å². The summed E-state index contributed by atoms with van der Waals surface area (Å²) in [6, 6.07) is 7.49. The Hall–Kier alpha value is -2.35. The maximum atomic E-state index is 11.0. The molecule has 0 spiro atoms. The molecule has 0 fully saturated rings. The van der Waals surface area contributed by atoms with Crippen molar-refractivity contribution in [1.82, 2.24) is 15.3 Å². The number of nitrogens with one attached hydrogen (secondary N) is 2. The molecule has 2 aromatic rings. The van der Waals surface area contributed by atoms with E-state index in [1.165, 1.54) is 0 Å². The van der Waals surface area contributed by atoms with E-state index in [1.807, 2.05) is 32.0 Å². The molecule has 1 aromatic carbocycles. The van der Waals surface area contributed by atoms with Gasteiger partial charge in [-0.15, -0.1) is 0 Å². The van der Waals surface area contributed by atoms with Gasteiger partial charge in [0.25, 0.3) is 0 Å². The summed E-state index contributed by atoms with van der Waals surface area (Å²) in [6.07, 6.45) is 1.65. The number of H-pyrrole nitrogens is 1. The highest BCUT2D eigenvalue weighted by Crippen LogP contribution is 2.24. The van der Waals surface area contributed by atoms with Crippen molar-refractivity contribution in [2.24, 2.45) is 0 Å². The summed E-state index contributed by atoms with van der Waals surface area (Å²) < 4.78 is 0. The zero-order chi connectivity index (χ0) is 13.2. The third-order valence-corrected chi connectivity index (χ3v) is 2.99. The fraction of sp³-hybridized carbons (Fsp3) is 0.308. The van der Waals surface area contributed by atoms with Gasteiger partial charge in [0.15, 0.2) is 6.07 Å². The molecule has 92 valence electrons. The normalized spacial score (nSPS) is 11.2. The average Bonchev–Trinajstić information content (AvgIpc) is 2.83. The lowest BCUT2D eigenvalue weighted by Crippen LogP contribution is -2.36. The van der Waals surface area contributed by atoms with Gasteiger partial charge in [0.1, 0.15) is 0 Å². The molecule has 0 radical (unpaired) electrons. The predicted molar refractivity (Wildman–Crippen MR) is 67.7 cm³/mol. The topological polar surface area (TPSA) is 81.6 Å². The van der Waals surface area contributed by atoms with Crippen LogP contribution in [-0.4, -0.2) is 22.4 Å². The second-order valence-electron chi connectivity index (χ2n) is 4.81. The molecule has 5 heteroatoms. The molecule has 0 atom stereocenters. The Morgan fingerprint density at radius 2 is 2.33 bits per heavy atom.